The molecule has 4 N–H and O–H groups in total. The predicted octanol–water partition coefficient (Wildman–Crippen LogP) is 1.06. The minimum absolute atomic E-state index is 0.0459. The molecule has 122 valence electrons. The molecule has 1 saturated heterocycles. The van der Waals surface area contributed by atoms with Crippen molar-refractivity contribution >= 4 is 11.6 Å². The van der Waals surface area contributed by atoms with Crippen molar-refractivity contribution in [1.29, 1.82) is 0 Å². The molecule has 1 unspecified atom stereocenters. The maximum atomic E-state index is 12.1. The Hall–Kier alpha value is -1.79. The van der Waals surface area contributed by atoms with Crippen LogP contribution in [0.4, 0.5) is 5.69 Å². The zero-order valence-electron chi connectivity index (χ0n) is 13.0. The largest absolute Gasteiger partial charge is 0.508 e. The van der Waals surface area contributed by atoms with Crippen LogP contribution in [0.1, 0.15) is 23.2 Å². The molecule has 1 aliphatic rings. The van der Waals surface area contributed by atoms with Crippen LogP contribution < -0.4 is 11.1 Å². The summed E-state index contributed by atoms with van der Waals surface area (Å²) in [5, 5.41) is 12.4. The fourth-order valence-corrected chi connectivity index (χ4v) is 2.79. The summed E-state index contributed by atoms with van der Waals surface area (Å²) in [6.45, 7) is 4.53. The highest BCUT2D eigenvalue weighted by molar-refractivity contribution is 5.99. The van der Waals surface area contributed by atoms with Crippen molar-refractivity contribution in [1.82, 2.24) is 10.2 Å². The Bertz CT molecular complexity index is 507. The van der Waals surface area contributed by atoms with Crippen molar-refractivity contribution in [2.75, 3.05) is 45.6 Å². The van der Waals surface area contributed by atoms with Crippen molar-refractivity contribution < 1.29 is 14.6 Å². The van der Waals surface area contributed by atoms with Crippen LogP contribution >= 0.6 is 0 Å². The van der Waals surface area contributed by atoms with Crippen LogP contribution in [0.2, 0.25) is 0 Å². The quantitative estimate of drug-likeness (QED) is 0.398. The molecule has 1 fully saturated rings. The molecule has 1 amide bonds. The third kappa shape index (κ3) is 4.61. The highest BCUT2D eigenvalue weighted by Gasteiger charge is 2.22. The number of ether oxygens (including phenoxy) is 1. The molecular formula is C16H25N3O3. The van der Waals surface area contributed by atoms with Gasteiger partial charge in [0.1, 0.15) is 5.75 Å². The maximum Gasteiger partial charge on any atom is 0.253 e. The summed E-state index contributed by atoms with van der Waals surface area (Å²) in [6, 6.07) is 4.41. The number of hydrogen-bond acceptors (Lipinski definition) is 5. The number of benzene rings is 1. The molecule has 0 aliphatic carbocycles. The summed E-state index contributed by atoms with van der Waals surface area (Å²) < 4.78 is 5.06. The first-order valence-electron chi connectivity index (χ1n) is 7.68. The van der Waals surface area contributed by atoms with Gasteiger partial charge in [0.25, 0.3) is 5.91 Å². The van der Waals surface area contributed by atoms with Gasteiger partial charge in [-0.25, -0.2) is 0 Å². The fourth-order valence-electron chi connectivity index (χ4n) is 2.79. The van der Waals surface area contributed by atoms with E-state index in [1.54, 1.807) is 7.11 Å². The topological polar surface area (TPSA) is 87.8 Å². The van der Waals surface area contributed by atoms with E-state index in [1.165, 1.54) is 18.2 Å². The van der Waals surface area contributed by atoms with Gasteiger partial charge in [-0.05, 0) is 43.5 Å². The molecule has 22 heavy (non-hydrogen) atoms. The smallest absolute Gasteiger partial charge is 0.253 e. The number of nitrogens with two attached hydrogens (primary N) is 1. The number of carbonyl (C=O) groups is 1. The fraction of sp³-hybridized carbons (Fsp3) is 0.562. The number of nitrogens with zero attached hydrogens (tertiary/aromatic N) is 1. The predicted molar refractivity (Wildman–Crippen MR) is 85.9 cm³/mol. The van der Waals surface area contributed by atoms with Crippen LogP contribution in [0.25, 0.3) is 0 Å². The Morgan fingerprint density at radius 3 is 3.14 bits per heavy atom. The highest BCUT2D eigenvalue weighted by Crippen LogP contribution is 2.19. The van der Waals surface area contributed by atoms with Crippen LogP contribution in [0.3, 0.4) is 0 Å². The van der Waals surface area contributed by atoms with E-state index in [-0.39, 0.29) is 11.7 Å². The van der Waals surface area contributed by atoms with E-state index < -0.39 is 0 Å². The Labute approximate surface area is 131 Å². The molecule has 0 aromatic heterocycles. The number of methoxy groups -OCH3 is 1. The Morgan fingerprint density at radius 2 is 2.36 bits per heavy atom. The van der Waals surface area contributed by atoms with Gasteiger partial charge in [-0.15, -0.1) is 0 Å². The summed E-state index contributed by atoms with van der Waals surface area (Å²) in [5.74, 6) is 0.279. The van der Waals surface area contributed by atoms with E-state index in [0.717, 1.165) is 39.1 Å². The van der Waals surface area contributed by atoms with Crippen LogP contribution in [-0.2, 0) is 4.74 Å². The molecule has 6 heteroatoms. The Balaban J connectivity index is 1.76. The molecule has 1 aromatic rings. The van der Waals surface area contributed by atoms with Crippen LogP contribution in [0, 0.1) is 5.92 Å². The number of nitrogen functional groups attached to an aromatic ring is 1. The van der Waals surface area contributed by atoms with Crippen LogP contribution in [0.15, 0.2) is 18.2 Å². The molecule has 1 heterocycles. The number of rotatable bonds is 7. The number of amides is 1. The van der Waals surface area contributed by atoms with E-state index in [2.05, 4.69) is 10.2 Å². The molecular weight excluding hydrogens is 282 g/mol. The molecule has 0 radical (unpaired) electrons. The summed E-state index contributed by atoms with van der Waals surface area (Å²) in [5.41, 5.74) is 6.48. The highest BCUT2D eigenvalue weighted by atomic mass is 16.5. The molecule has 0 saturated carbocycles. The van der Waals surface area contributed by atoms with Crippen LogP contribution in [-0.4, -0.2) is 55.8 Å². The van der Waals surface area contributed by atoms with Gasteiger partial charge in [-0.1, -0.05) is 0 Å². The number of anilines is 1. The molecule has 2 rings (SSSR count). The van der Waals surface area contributed by atoms with Crippen molar-refractivity contribution in [3.8, 4) is 5.75 Å². The number of likely N-dealkylation sites (tertiary alicyclic amines) is 1. The average Bonchev–Trinajstić information content (AvgIpc) is 2.95. The Kier molecular flexibility index (Phi) is 6.03. The van der Waals surface area contributed by atoms with E-state index in [0.29, 0.717) is 23.7 Å². The van der Waals surface area contributed by atoms with Crippen molar-refractivity contribution in [3.05, 3.63) is 23.8 Å². The van der Waals surface area contributed by atoms with E-state index in [1.807, 2.05) is 0 Å². The summed E-state index contributed by atoms with van der Waals surface area (Å²) in [7, 11) is 1.72. The van der Waals surface area contributed by atoms with E-state index in [9.17, 15) is 9.90 Å². The molecule has 0 bridgehead atoms. The van der Waals surface area contributed by atoms with Gasteiger partial charge in [0.2, 0.25) is 0 Å². The SMILES string of the molecule is COCCCN1CCC(CNC(=O)c2cc(O)ccc2N)C1. The third-order valence-corrected chi connectivity index (χ3v) is 4.03. The number of phenols is 1. The Morgan fingerprint density at radius 1 is 1.55 bits per heavy atom. The summed E-state index contributed by atoms with van der Waals surface area (Å²) in [4.78, 5) is 14.5. The number of phenolic OH excluding ortho intramolecular Hbond substituents is 1. The second-order valence-electron chi connectivity index (χ2n) is 5.78. The summed E-state index contributed by atoms with van der Waals surface area (Å²) in [6.07, 6.45) is 2.12. The molecule has 1 aromatic carbocycles. The lowest BCUT2D eigenvalue weighted by atomic mass is 10.1. The minimum atomic E-state index is -0.230. The normalized spacial score (nSPS) is 18.5. The van der Waals surface area contributed by atoms with Gasteiger partial charge < -0.3 is 25.8 Å². The number of hydrogen-bond donors (Lipinski definition) is 3. The number of aromatic hydroxyl groups is 1. The maximum absolute atomic E-state index is 12.1. The first-order valence-corrected chi connectivity index (χ1v) is 7.68. The van der Waals surface area contributed by atoms with Crippen molar-refractivity contribution in [3.63, 3.8) is 0 Å². The van der Waals surface area contributed by atoms with E-state index in [4.69, 9.17) is 10.5 Å². The zero-order valence-corrected chi connectivity index (χ0v) is 13.0. The second kappa shape index (κ2) is 8.00. The lowest BCUT2D eigenvalue weighted by Crippen LogP contribution is -2.31. The van der Waals surface area contributed by atoms with Crippen molar-refractivity contribution in [2.45, 2.75) is 12.8 Å². The third-order valence-electron chi connectivity index (χ3n) is 4.03. The molecule has 1 atom stereocenters. The number of carbonyl (C=O) groups excluding carboxylic acids is 1. The van der Waals surface area contributed by atoms with E-state index >= 15 is 0 Å². The van der Waals surface area contributed by atoms with Crippen LogP contribution in [0.5, 0.6) is 5.75 Å². The number of nitrogens with one attached hydrogen (secondary N) is 1. The van der Waals surface area contributed by atoms with Crippen molar-refractivity contribution in [2.24, 2.45) is 5.92 Å². The average molecular weight is 307 g/mol. The summed E-state index contributed by atoms with van der Waals surface area (Å²) >= 11 is 0. The van der Waals surface area contributed by atoms with Gasteiger partial charge in [0, 0.05) is 39.0 Å². The minimum Gasteiger partial charge on any atom is -0.508 e. The van der Waals surface area contributed by atoms with Gasteiger partial charge >= 0.3 is 0 Å². The van der Waals surface area contributed by atoms with Gasteiger partial charge in [0.15, 0.2) is 0 Å². The second-order valence-corrected chi connectivity index (χ2v) is 5.78. The lowest BCUT2D eigenvalue weighted by Gasteiger charge is -2.16. The van der Waals surface area contributed by atoms with Gasteiger partial charge in [0.05, 0.1) is 5.56 Å². The zero-order chi connectivity index (χ0) is 15.9. The lowest BCUT2D eigenvalue weighted by molar-refractivity contribution is 0.0948. The van der Waals surface area contributed by atoms with Gasteiger partial charge in [-0.2, -0.15) is 0 Å². The first-order chi connectivity index (χ1) is 10.6. The van der Waals surface area contributed by atoms with Gasteiger partial charge in [-0.3, -0.25) is 4.79 Å². The monoisotopic (exact) mass is 307 g/mol. The first kappa shape index (κ1) is 16.6. The molecule has 6 nitrogen and oxygen atoms in total. The molecule has 0 spiro atoms. The molecule has 1 aliphatic heterocycles. The standard InChI is InChI=1S/C16H25N3O3/c1-22-8-2-6-19-7-5-12(11-19)10-18-16(21)14-9-13(20)3-4-15(14)17/h3-4,9,12,20H,2,5-8,10-11,17H2,1H3,(H,18,21).